The summed E-state index contributed by atoms with van der Waals surface area (Å²) >= 11 is 0. The number of amides is 1. The highest BCUT2D eigenvalue weighted by Crippen LogP contribution is 2.34. The standard InChI is InChI=1S/C11H20N2O2/c1-8(12)7-13-11(14)6-10(15-13)9-4-2-3-5-9/h8-10H,2-7,12H2,1H3. The Balaban J connectivity index is 1.88. The molecule has 0 aromatic rings. The van der Waals surface area contributed by atoms with Crippen LogP contribution in [0.3, 0.4) is 0 Å². The van der Waals surface area contributed by atoms with E-state index in [1.165, 1.54) is 30.7 Å². The summed E-state index contributed by atoms with van der Waals surface area (Å²) in [6.45, 7) is 2.40. The second-order valence-corrected chi connectivity index (χ2v) is 4.82. The molecule has 4 heteroatoms. The van der Waals surface area contributed by atoms with Gasteiger partial charge < -0.3 is 5.73 Å². The summed E-state index contributed by atoms with van der Waals surface area (Å²) in [4.78, 5) is 17.3. The van der Waals surface area contributed by atoms with E-state index < -0.39 is 0 Å². The highest BCUT2D eigenvalue weighted by atomic mass is 16.7. The fourth-order valence-corrected chi connectivity index (χ4v) is 2.52. The fourth-order valence-electron chi connectivity index (χ4n) is 2.52. The van der Waals surface area contributed by atoms with Gasteiger partial charge >= 0.3 is 0 Å². The Morgan fingerprint density at radius 2 is 2.20 bits per heavy atom. The number of carbonyl (C=O) groups excluding carboxylic acids is 1. The lowest BCUT2D eigenvalue weighted by Crippen LogP contribution is -2.36. The van der Waals surface area contributed by atoms with E-state index in [-0.39, 0.29) is 18.1 Å². The number of rotatable bonds is 3. The van der Waals surface area contributed by atoms with Gasteiger partial charge in [0.25, 0.3) is 0 Å². The molecule has 1 saturated heterocycles. The Labute approximate surface area is 90.7 Å². The zero-order valence-corrected chi connectivity index (χ0v) is 9.32. The smallest absolute Gasteiger partial charge is 0.248 e. The largest absolute Gasteiger partial charge is 0.326 e. The Kier molecular flexibility index (Phi) is 3.26. The monoisotopic (exact) mass is 212 g/mol. The van der Waals surface area contributed by atoms with Crippen molar-refractivity contribution in [2.75, 3.05) is 6.54 Å². The maximum absolute atomic E-state index is 11.6. The van der Waals surface area contributed by atoms with Crippen molar-refractivity contribution < 1.29 is 9.63 Å². The molecule has 2 rings (SSSR count). The maximum atomic E-state index is 11.6. The van der Waals surface area contributed by atoms with Crippen LogP contribution in [0.25, 0.3) is 0 Å². The predicted octanol–water partition coefficient (Wildman–Crippen LogP) is 1.06. The first-order valence-electron chi connectivity index (χ1n) is 5.89. The van der Waals surface area contributed by atoms with Crippen LogP contribution in [-0.2, 0) is 9.63 Å². The molecule has 0 aromatic heterocycles. The van der Waals surface area contributed by atoms with Gasteiger partial charge in [0, 0.05) is 6.04 Å². The normalized spacial score (nSPS) is 30.1. The van der Waals surface area contributed by atoms with Crippen molar-refractivity contribution >= 4 is 5.91 Å². The summed E-state index contributed by atoms with van der Waals surface area (Å²) in [5.74, 6) is 0.691. The van der Waals surface area contributed by atoms with Gasteiger partial charge in [0.1, 0.15) is 0 Å². The second-order valence-electron chi connectivity index (χ2n) is 4.82. The van der Waals surface area contributed by atoms with Crippen LogP contribution in [0, 0.1) is 5.92 Å². The van der Waals surface area contributed by atoms with Crippen molar-refractivity contribution in [2.24, 2.45) is 11.7 Å². The maximum Gasteiger partial charge on any atom is 0.248 e. The van der Waals surface area contributed by atoms with E-state index in [1.807, 2.05) is 6.92 Å². The number of hydroxylamine groups is 2. The van der Waals surface area contributed by atoms with Crippen molar-refractivity contribution in [3.63, 3.8) is 0 Å². The molecule has 2 aliphatic rings. The fraction of sp³-hybridized carbons (Fsp3) is 0.909. The molecule has 1 saturated carbocycles. The molecule has 2 atom stereocenters. The summed E-state index contributed by atoms with van der Waals surface area (Å²) in [5.41, 5.74) is 5.66. The average molecular weight is 212 g/mol. The minimum Gasteiger partial charge on any atom is -0.326 e. The van der Waals surface area contributed by atoms with Crippen LogP contribution in [0.15, 0.2) is 0 Å². The highest BCUT2D eigenvalue weighted by molar-refractivity contribution is 5.77. The van der Waals surface area contributed by atoms with Crippen molar-refractivity contribution in [2.45, 2.75) is 51.2 Å². The molecule has 0 aromatic carbocycles. The lowest BCUT2D eigenvalue weighted by molar-refractivity contribution is -0.179. The second kappa shape index (κ2) is 4.49. The third kappa shape index (κ3) is 2.49. The van der Waals surface area contributed by atoms with E-state index in [9.17, 15) is 4.79 Å². The van der Waals surface area contributed by atoms with Crippen LogP contribution in [0.2, 0.25) is 0 Å². The Hall–Kier alpha value is -0.610. The molecule has 2 unspecified atom stereocenters. The zero-order chi connectivity index (χ0) is 10.8. The number of hydrogen-bond acceptors (Lipinski definition) is 3. The first-order valence-corrected chi connectivity index (χ1v) is 5.89. The van der Waals surface area contributed by atoms with E-state index >= 15 is 0 Å². The van der Waals surface area contributed by atoms with E-state index in [0.717, 1.165) is 0 Å². The molecule has 1 aliphatic carbocycles. The van der Waals surface area contributed by atoms with Crippen LogP contribution in [0.4, 0.5) is 0 Å². The van der Waals surface area contributed by atoms with E-state index in [0.29, 0.717) is 18.9 Å². The zero-order valence-electron chi connectivity index (χ0n) is 9.32. The Bertz CT molecular complexity index is 237. The summed E-state index contributed by atoms with van der Waals surface area (Å²) in [6, 6.07) is -0.0173. The molecule has 1 aliphatic heterocycles. The van der Waals surface area contributed by atoms with Gasteiger partial charge in [-0.2, -0.15) is 0 Å². The SMILES string of the molecule is CC(N)CN1OC(C2CCCC2)CC1=O. The third-order valence-corrected chi connectivity index (χ3v) is 3.30. The first kappa shape index (κ1) is 10.9. The van der Waals surface area contributed by atoms with Gasteiger partial charge in [-0.3, -0.25) is 9.63 Å². The average Bonchev–Trinajstić information content (AvgIpc) is 2.75. The molecule has 15 heavy (non-hydrogen) atoms. The predicted molar refractivity (Wildman–Crippen MR) is 56.8 cm³/mol. The number of carbonyl (C=O) groups is 1. The molecule has 2 N–H and O–H groups in total. The van der Waals surface area contributed by atoms with Crippen LogP contribution < -0.4 is 5.73 Å². The van der Waals surface area contributed by atoms with Gasteiger partial charge in [-0.05, 0) is 25.7 Å². The van der Waals surface area contributed by atoms with E-state index in [4.69, 9.17) is 10.6 Å². The summed E-state index contributed by atoms with van der Waals surface area (Å²) in [5, 5.41) is 1.47. The molecule has 4 nitrogen and oxygen atoms in total. The van der Waals surface area contributed by atoms with Crippen LogP contribution in [-0.4, -0.2) is 29.7 Å². The van der Waals surface area contributed by atoms with Gasteiger partial charge in [0.05, 0.1) is 19.1 Å². The van der Waals surface area contributed by atoms with Crippen LogP contribution in [0.5, 0.6) is 0 Å². The summed E-state index contributed by atoms with van der Waals surface area (Å²) in [6.07, 6.45) is 5.67. The minimum atomic E-state index is -0.0173. The van der Waals surface area contributed by atoms with Crippen molar-refractivity contribution in [3.05, 3.63) is 0 Å². The number of nitrogens with two attached hydrogens (primary N) is 1. The van der Waals surface area contributed by atoms with Gasteiger partial charge in [0.15, 0.2) is 0 Å². The highest BCUT2D eigenvalue weighted by Gasteiger charge is 2.37. The number of nitrogens with zero attached hydrogens (tertiary/aromatic N) is 1. The lowest BCUT2D eigenvalue weighted by Gasteiger charge is -2.20. The Morgan fingerprint density at radius 1 is 1.53 bits per heavy atom. The molecule has 1 heterocycles. The van der Waals surface area contributed by atoms with Gasteiger partial charge in [-0.25, -0.2) is 5.06 Å². The molecular formula is C11H20N2O2. The topological polar surface area (TPSA) is 55.6 Å². The van der Waals surface area contributed by atoms with Crippen LogP contribution >= 0.6 is 0 Å². The molecule has 1 amide bonds. The quantitative estimate of drug-likeness (QED) is 0.761. The Morgan fingerprint density at radius 3 is 2.80 bits per heavy atom. The van der Waals surface area contributed by atoms with Gasteiger partial charge in [-0.15, -0.1) is 0 Å². The molecule has 0 radical (unpaired) electrons. The van der Waals surface area contributed by atoms with E-state index in [1.54, 1.807) is 0 Å². The first-order chi connectivity index (χ1) is 7.16. The van der Waals surface area contributed by atoms with Gasteiger partial charge in [-0.1, -0.05) is 12.8 Å². The van der Waals surface area contributed by atoms with Crippen molar-refractivity contribution in [1.82, 2.24) is 5.06 Å². The van der Waals surface area contributed by atoms with Crippen molar-refractivity contribution in [3.8, 4) is 0 Å². The van der Waals surface area contributed by atoms with Crippen molar-refractivity contribution in [1.29, 1.82) is 0 Å². The van der Waals surface area contributed by atoms with E-state index in [2.05, 4.69) is 0 Å². The molecule has 0 spiro atoms. The summed E-state index contributed by atoms with van der Waals surface area (Å²) < 4.78 is 0. The summed E-state index contributed by atoms with van der Waals surface area (Å²) in [7, 11) is 0. The minimum absolute atomic E-state index is 0.0173. The number of hydrogen-bond donors (Lipinski definition) is 1. The molecule has 86 valence electrons. The van der Waals surface area contributed by atoms with Crippen LogP contribution in [0.1, 0.15) is 39.0 Å². The molecule has 2 fully saturated rings. The van der Waals surface area contributed by atoms with Gasteiger partial charge in [0.2, 0.25) is 5.91 Å². The molecule has 0 bridgehead atoms. The molecular weight excluding hydrogens is 192 g/mol. The lowest BCUT2D eigenvalue weighted by atomic mass is 9.99. The third-order valence-electron chi connectivity index (χ3n) is 3.30.